The highest BCUT2D eigenvalue weighted by Gasteiger charge is 2.24. The van der Waals surface area contributed by atoms with Crippen molar-refractivity contribution in [2.75, 3.05) is 31.1 Å². The fourth-order valence-corrected chi connectivity index (χ4v) is 4.88. The van der Waals surface area contributed by atoms with Crippen molar-refractivity contribution >= 4 is 29.0 Å². The van der Waals surface area contributed by atoms with E-state index in [0.29, 0.717) is 18.7 Å². The van der Waals surface area contributed by atoms with Crippen molar-refractivity contribution in [1.82, 2.24) is 15.2 Å². The molecule has 0 radical (unpaired) electrons. The Balaban J connectivity index is 1.26. The molecule has 1 atom stereocenters. The third-order valence-electron chi connectivity index (χ3n) is 6.04. The maximum Gasteiger partial charge on any atom is 0.264 e. The van der Waals surface area contributed by atoms with Gasteiger partial charge in [0, 0.05) is 38.4 Å². The van der Waals surface area contributed by atoms with Crippen molar-refractivity contribution in [3.8, 4) is 0 Å². The van der Waals surface area contributed by atoms with E-state index in [0.717, 1.165) is 42.2 Å². The fraction of sp³-hybridized carbons (Fsp3) is 0.346. The molecule has 0 aliphatic carbocycles. The molecule has 0 bridgehead atoms. The molecule has 1 aliphatic rings. The van der Waals surface area contributed by atoms with Crippen LogP contribution in [0.5, 0.6) is 0 Å². The largest absolute Gasteiger partial charge is 0.353 e. The number of benzene rings is 1. The molecule has 0 spiro atoms. The van der Waals surface area contributed by atoms with Gasteiger partial charge in [-0.25, -0.2) is 4.98 Å². The number of aryl methyl sites for hydroxylation is 2. The molecule has 172 valence electrons. The van der Waals surface area contributed by atoms with E-state index < -0.39 is 0 Å². The summed E-state index contributed by atoms with van der Waals surface area (Å²) < 4.78 is 0. The van der Waals surface area contributed by atoms with Crippen molar-refractivity contribution in [1.29, 1.82) is 0 Å². The van der Waals surface area contributed by atoms with Crippen LogP contribution in [0.2, 0.25) is 0 Å². The van der Waals surface area contributed by atoms with Gasteiger partial charge in [0.05, 0.1) is 10.4 Å². The molecular weight excluding hydrogens is 432 g/mol. The monoisotopic (exact) mass is 462 g/mol. The first-order chi connectivity index (χ1) is 16.0. The summed E-state index contributed by atoms with van der Waals surface area (Å²) in [5.74, 6) is 0.850. The van der Waals surface area contributed by atoms with Crippen molar-refractivity contribution in [3.63, 3.8) is 0 Å². The van der Waals surface area contributed by atoms with Gasteiger partial charge in [-0.3, -0.25) is 9.59 Å². The van der Waals surface area contributed by atoms with Gasteiger partial charge in [0.25, 0.3) is 11.8 Å². The van der Waals surface area contributed by atoms with Crippen LogP contribution in [0.1, 0.15) is 44.5 Å². The second kappa shape index (κ2) is 10.6. The van der Waals surface area contributed by atoms with Crippen LogP contribution in [0.3, 0.4) is 0 Å². The van der Waals surface area contributed by atoms with Gasteiger partial charge in [0.2, 0.25) is 0 Å². The lowest BCUT2D eigenvalue weighted by atomic mass is 10.1. The van der Waals surface area contributed by atoms with E-state index in [-0.39, 0.29) is 17.9 Å². The molecule has 3 heterocycles. The van der Waals surface area contributed by atoms with Crippen LogP contribution in [0.25, 0.3) is 0 Å². The summed E-state index contributed by atoms with van der Waals surface area (Å²) in [6, 6.07) is 16.1. The Bertz CT molecular complexity index is 1070. The number of pyridine rings is 1. The van der Waals surface area contributed by atoms with Crippen LogP contribution in [-0.4, -0.2) is 53.9 Å². The third-order valence-corrected chi connectivity index (χ3v) is 7.05. The van der Waals surface area contributed by atoms with Gasteiger partial charge in [-0.15, -0.1) is 11.3 Å². The Morgan fingerprint density at radius 3 is 2.45 bits per heavy atom. The number of hydrogen-bond donors (Lipinski definition) is 1. The molecule has 1 unspecified atom stereocenters. The van der Waals surface area contributed by atoms with Crippen LogP contribution in [0.15, 0.2) is 60.1 Å². The van der Waals surface area contributed by atoms with E-state index in [2.05, 4.69) is 27.3 Å². The van der Waals surface area contributed by atoms with E-state index in [1.54, 1.807) is 6.20 Å². The second-order valence-corrected chi connectivity index (χ2v) is 9.43. The maximum atomic E-state index is 12.7. The van der Waals surface area contributed by atoms with Gasteiger partial charge < -0.3 is 15.1 Å². The Morgan fingerprint density at radius 2 is 1.82 bits per heavy atom. The SMILES string of the molecule is Cc1ccsc1C(=O)N1CCN(c2ccc(C(=O)NC(C)CCc3ccccc3)cn2)CC1. The number of hydrogen-bond acceptors (Lipinski definition) is 5. The smallest absolute Gasteiger partial charge is 0.264 e. The van der Waals surface area contributed by atoms with Crippen LogP contribution in [0.4, 0.5) is 5.82 Å². The van der Waals surface area contributed by atoms with Gasteiger partial charge in [-0.2, -0.15) is 0 Å². The first kappa shape index (κ1) is 23.0. The maximum absolute atomic E-state index is 12.7. The normalized spacial score (nSPS) is 14.7. The van der Waals surface area contributed by atoms with Gasteiger partial charge >= 0.3 is 0 Å². The summed E-state index contributed by atoms with van der Waals surface area (Å²) in [5, 5.41) is 5.03. The van der Waals surface area contributed by atoms with E-state index >= 15 is 0 Å². The first-order valence-electron chi connectivity index (χ1n) is 11.4. The van der Waals surface area contributed by atoms with Gasteiger partial charge in [-0.05, 0) is 61.4 Å². The number of thiophene rings is 1. The summed E-state index contributed by atoms with van der Waals surface area (Å²) in [6.45, 7) is 6.79. The summed E-state index contributed by atoms with van der Waals surface area (Å²) in [4.78, 5) is 34.7. The quantitative estimate of drug-likeness (QED) is 0.573. The lowest BCUT2D eigenvalue weighted by Gasteiger charge is -2.35. The summed E-state index contributed by atoms with van der Waals surface area (Å²) >= 11 is 1.50. The highest BCUT2D eigenvalue weighted by molar-refractivity contribution is 7.12. The molecule has 33 heavy (non-hydrogen) atoms. The highest BCUT2D eigenvalue weighted by atomic mass is 32.1. The number of aromatic nitrogens is 1. The fourth-order valence-electron chi connectivity index (χ4n) is 3.99. The molecule has 6 nitrogen and oxygen atoms in total. The zero-order chi connectivity index (χ0) is 23.2. The van der Waals surface area contributed by atoms with E-state index in [1.165, 1.54) is 16.9 Å². The minimum atomic E-state index is -0.101. The average Bonchev–Trinajstić information content (AvgIpc) is 3.29. The van der Waals surface area contributed by atoms with Crippen LogP contribution >= 0.6 is 11.3 Å². The summed E-state index contributed by atoms with van der Waals surface area (Å²) in [5.41, 5.74) is 2.88. The van der Waals surface area contributed by atoms with Gasteiger partial charge in [0.1, 0.15) is 5.82 Å². The molecule has 2 aromatic heterocycles. The number of nitrogens with zero attached hydrogens (tertiary/aromatic N) is 3. The second-order valence-electron chi connectivity index (χ2n) is 8.52. The van der Waals surface area contributed by atoms with E-state index in [9.17, 15) is 9.59 Å². The van der Waals surface area contributed by atoms with Crippen LogP contribution in [0, 0.1) is 6.92 Å². The number of nitrogens with one attached hydrogen (secondary N) is 1. The van der Waals surface area contributed by atoms with Crippen molar-refractivity contribution in [2.24, 2.45) is 0 Å². The Hall–Kier alpha value is -3.19. The van der Waals surface area contributed by atoms with E-state index in [1.807, 2.05) is 60.5 Å². The van der Waals surface area contributed by atoms with Crippen molar-refractivity contribution in [3.05, 3.63) is 81.7 Å². The van der Waals surface area contributed by atoms with Gasteiger partial charge in [-0.1, -0.05) is 30.3 Å². The minimum absolute atomic E-state index is 0.0787. The third kappa shape index (κ3) is 5.79. The topological polar surface area (TPSA) is 65.5 Å². The highest BCUT2D eigenvalue weighted by Crippen LogP contribution is 2.20. The van der Waals surface area contributed by atoms with E-state index in [4.69, 9.17) is 0 Å². The van der Waals surface area contributed by atoms with Gasteiger partial charge in [0.15, 0.2) is 0 Å². The number of carbonyl (C=O) groups is 2. The standard InChI is InChI=1S/C26H30N4O2S/c1-19-12-17-33-24(19)26(32)30-15-13-29(14-16-30)23-11-10-22(18-27-23)25(31)28-20(2)8-9-21-6-4-3-5-7-21/h3-7,10-12,17-18,20H,8-9,13-16H2,1-2H3,(H,28,31). The first-order valence-corrected chi connectivity index (χ1v) is 12.3. The number of piperazine rings is 1. The van der Waals surface area contributed by atoms with Crippen LogP contribution in [-0.2, 0) is 6.42 Å². The van der Waals surface area contributed by atoms with Crippen molar-refractivity contribution in [2.45, 2.75) is 32.7 Å². The van der Waals surface area contributed by atoms with Crippen LogP contribution < -0.4 is 10.2 Å². The Morgan fingerprint density at radius 1 is 1.06 bits per heavy atom. The Labute approximate surface area is 199 Å². The number of carbonyl (C=O) groups excluding carboxylic acids is 2. The molecule has 1 aliphatic heterocycles. The molecule has 3 aromatic rings. The molecule has 0 saturated carbocycles. The van der Waals surface area contributed by atoms with Crippen molar-refractivity contribution < 1.29 is 9.59 Å². The molecule has 4 rings (SSSR count). The zero-order valence-electron chi connectivity index (χ0n) is 19.2. The molecule has 1 saturated heterocycles. The zero-order valence-corrected chi connectivity index (χ0v) is 20.0. The lowest BCUT2D eigenvalue weighted by Crippen LogP contribution is -2.49. The molecule has 1 fully saturated rings. The molecule has 1 N–H and O–H groups in total. The summed E-state index contributed by atoms with van der Waals surface area (Å²) in [7, 11) is 0. The number of rotatable bonds is 7. The molecular formula is C26H30N4O2S. The number of amides is 2. The predicted octanol–water partition coefficient (Wildman–Crippen LogP) is 4.17. The molecule has 1 aromatic carbocycles. The lowest BCUT2D eigenvalue weighted by molar-refractivity contribution is 0.0750. The summed E-state index contributed by atoms with van der Waals surface area (Å²) in [6.07, 6.45) is 3.45. The molecule has 2 amide bonds. The average molecular weight is 463 g/mol. The molecule has 7 heteroatoms. The Kier molecular flexibility index (Phi) is 7.40. The number of anilines is 1. The minimum Gasteiger partial charge on any atom is -0.353 e. The predicted molar refractivity (Wildman–Crippen MR) is 133 cm³/mol.